The summed E-state index contributed by atoms with van der Waals surface area (Å²) in [5.74, 6) is -3.64. The summed E-state index contributed by atoms with van der Waals surface area (Å²) in [6, 6.07) is 38.0. The van der Waals surface area contributed by atoms with Gasteiger partial charge in [0.15, 0.2) is 9.84 Å². The minimum absolute atomic E-state index is 0.0702. The molecule has 304 valence electrons. The molecule has 1 aliphatic rings. The number of amides is 3. The summed E-state index contributed by atoms with van der Waals surface area (Å²) in [6.07, 6.45) is 0.349. The molecule has 6 rings (SSSR count). The van der Waals surface area contributed by atoms with E-state index < -0.39 is 27.4 Å². The number of hydrogen-bond acceptors (Lipinski definition) is 7. The Bertz CT molecular complexity index is 2420. The van der Waals surface area contributed by atoms with Crippen LogP contribution in [-0.4, -0.2) is 43.5 Å². The maximum absolute atomic E-state index is 14.5. The van der Waals surface area contributed by atoms with Gasteiger partial charge in [-0.3, -0.25) is 24.6 Å². The number of carbonyl (C=O) groups is 4. The summed E-state index contributed by atoms with van der Waals surface area (Å²) in [5.41, 5.74) is 12.2. The van der Waals surface area contributed by atoms with Crippen LogP contribution in [0.1, 0.15) is 56.5 Å². The van der Waals surface area contributed by atoms with Gasteiger partial charge in [-0.2, -0.15) is 0 Å². The summed E-state index contributed by atoms with van der Waals surface area (Å²) in [4.78, 5) is 54.6. The number of amidine groups is 1. The van der Waals surface area contributed by atoms with Gasteiger partial charge in [-0.25, -0.2) is 8.42 Å². The van der Waals surface area contributed by atoms with Gasteiger partial charge in [0.25, 0.3) is 0 Å². The first-order chi connectivity index (χ1) is 28.4. The van der Waals surface area contributed by atoms with E-state index >= 15 is 0 Å². The van der Waals surface area contributed by atoms with E-state index in [1.807, 2.05) is 78.9 Å². The van der Waals surface area contributed by atoms with E-state index in [1.165, 1.54) is 0 Å². The standard InChI is InChI=1S/C47H49N5O6S/c48-46(49)40-17-15-32(16-18-40)27-52-47(56)41-22-34-9-5-13-38(20-34)28-50-44(54)24-36-11-4-12-37(19-36)25-45(55)51-29-39-14-6-10-35(21-39)23-42(43(53)26-41)31-59(57,58)30-33-7-2-1-3-8-33/h1-21,41-42H,22-31H2,(H3,48,49)(H,50,54)(H,51,55)(H,52,56)/t41-,42+/m1/s1. The number of carbonyl (C=O) groups excluding carboxylic acids is 4. The lowest BCUT2D eigenvalue weighted by Gasteiger charge is -2.22. The first-order valence-electron chi connectivity index (χ1n) is 19.6. The number of Topliss-reactive ketones (excluding diaryl/α,β-unsaturated/α-hetero) is 1. The summed E-state index contributed by atoms with van der Waals surface area (Å²) in [5, 5.41) is 16.6. The van der Waals surface area contributed by atoms with Crippen molar-refractivity contribution in [3.8, 4) is 0 Å². The predicted molar refractivity (Wildman–Crippen MR) is 228 cm³/mol. The molecular formula is C47H49N5O6S. The van der Waals surface area contributed by atoms with Gasteiger partial charge in [0.1, 0.15) is 11.6 Å². The lowest BCUT2D eigenvalue weighted by atomic mass is 9.86. The van der Waals surface area contributed by atoms with E-state index in [1.54, 1.807) is 48.5 Å². The molecule has 0 saturated heterocycles. The van der Waals surface area contributed by atoms with Gasteiger partial charge in [0.05, 0.1) is 24.3 Å². The van der Waals surface area contributed by atoms with Crippen molar-refractivity contribution in [2.75, 3.05) is 5.75 Å². The summed E-state index contributed by atoms with van der Waals surface area (Å²) < 4.78 is 27.5. The monoisotopic (exact) mass is 811 g/mol. The van der Waals surface area contributed by atoms with Crippen LogP contribution in [0, 0.1) is 17.2 Å². The van der Waals surface area contributed by atoms with Crippen LogP contribution in [0.3, 0.4) is 0 Å². The fraction of sp³-hybridized carbons (Fsp3) is 0.255. The fourth-order valence-corrected chi connectivity index (χ4v) is 9.05. The van der Waals surface area contributed by atoms with Gasteiger partial charge in [0.2, 0.25) is 17.7 Å². The molecular weight excluding hydrogens is 763 g/mol. The maximum Gasteiger partial charge on any atom is 0.224 e. The van der Waals surface area contributed by atoms with Crippen LogP contribution < -0.4 is 21.7 Å². The van der Waals surface area contributed by atoms with Crippen molar-refractivity contribution in [3.05, 3.63) is 177 Å². The zero-order chi connectivity index (χ0) is 41.8. The molecule has 0 aromatic heterocycles. The van der Waals surface area contributed by atoms with E-state index in [-0.39, 0.29) is 86.8 Å². The number of rotatable bonds is 8. The molecule has 0 saturated carbocycles. The minimum atomic E-state index is -3.78. The van der Waals surface area contributed by atoms with Crippen molar-refractivity contribution in [2.24, 2.45) is 17.6 Å². The Morgan fingerprint density at radius 2 is 1.17 bits per heavy atom. The molecule has 0 radical (unpaired) electrons. The van der Waals surface area contributed by atoms with Gasteiger partial charge >= 0.3 is 0 Å². The fourth-order valence-electron chi connectivity index (χ4n) is 7.31. The lowest BCUT2D eigenvalue weighted by molar-refractivity contribution is -0.130. The Kier molecular flexibility index (Phi) is 14.2. The summed E-state index contributed by atoms with van der Waals surface area (Å²) in [7, 11) is -3.78. The van der Waals surface area contributed by atoms with Crippen molar-refractivity contribution in [3.63, 3.8) is 0 Å². The molecule has 0 unspecified atom stereocenters. The largest absolute Gasteiger partial charge is 0.384 e. The molecule has 6 bridgehead atoms. The Labute approximate surface area is 345 Å². The number of ketones is 1. The van der Waals surface area contributed by atoms with Gasteiger partial charge in [0, 0.05) is 43.5 Å². The first kappa shape index (κ1) is 42.2. The SMILES string of the molecule is N=C(N)c1ccc(CNC(=O)[C@H]2CC(=O)[C@H](CS(=O)(=O)Cc3ccccc3)Cc3cccc(c3)CNC(=O)Cc3cccc(c3)CC(=O)NCc3cccc(c3)C2)cc1. The number of benzene rings is 5. The molecule has 2 atom stereocenters. The van der Waals surface area contributed by atoms with Crippen LogP contribution >= 0.6 is 0 Å². The quantitative estimate of drug-likeness (QED) is 0.109. The Balaban J connectivity index is 1.31. The van der Waals surface area contributed by atoms with Crippen LogP contribution in [-0.2, 0) is 80.1 Å². The minimum Gasteiger partial charge on any atom is -0.384 e. The number of nitrogens with two attached hydrogens (primary N) is 1. The molecule has 1 heterocycles. The Hall–Kier alpha value is -6.40. The molecule has 11 nitrogen and oxygen atoms in total. The lowest BCUT2D eigenvalue weighted by Crippen LogP contribution is -2.36. The zero-order valence-electron chi connectivity index (χ0n) is 32.8. The van der Waals surface area contributed by atoms with E-state index in [2.05, 4.69) is 16.0 Å². The predicted octanol–water partition coefficient (Wildman–Crippen LogP) is 4.91. The van der Waals surface area contributed by atoms with Crippen LogP contribution in [0.25, 0.3) is 0 Å². The molecule has 12 heteroatoms. The molecule has 59 heavy (non-hydrogen) atoms. The number of nitrogen functional groups attached to an aromatic ring is 1. The zero-order valence-corrected chi connectivity index (χ0v) is 33.6. The van der Waals surface area contributed by atoms with Crippen LogP contribution in [0.15, 0.2) is 127 Å². The molecule has 0 spiro atoms. The van der Waals surface area contributed by atoms with Crippen LogP contribution in [0.2, 0.25) is 0 Å². The second kappa shape index (κ2) is 19.8. The van der Waals surface area contributed by atoms with Gasteiger partial charge < -0.3 is 21.7 Å². The molecule has 5 aromatic rings. The number of fused-ring (bicyclic) bond motifs is 6. The Morgan fingerprint density at radius 1 is 0.644 bits per heavy atom. The second-order valence-corrected chi connectivity index (χ2v) is 17.3. The average Bonchev–Trinajstić information content (AvgIpc) is 3.21. The van der Waals surface area contributed by atoms with E-state index in [9.17, 15) is 27.6 Å². The Morgan fingerprint density at radius 3 is 1.75 bits per heavy atom. The maximum atomic E-state index is 14.5. The highest BCUT2D eigenvalue weighted by molar-refractivity contribution is 7.90. The molecule has 3 amide bonds. The highest BCUT2D eigenvalue weighted by Gasteiger charge is 2.31. The van der Waals surface area contributed by atoms with Crippen LogP contribution in [0.5, 0.6) is 0 Å². The van der Waals surface area contributed by atoms with Crippen molar-refractivity contribution < 1.29 is 27.6 Å². The van der Waals surface area contributed by atoms with E-state index in [0.717, 1.165) is 38.9 Å². The third-order valence-corrected chi connectivity index (χ3v) is 12.0. The molecule has 5 aromatic carbocycles. The van der Waals surface area contributed by atoms with Crippen LogP contribution in [0.4, 0.5) is 0 Å². The van der Waals surface area contributed by atoms with E-state index in [4.69, 9.17) is 11.1 Å². The molecule has 0 aliphatic carbocycles. The number of hydrogen-bond donors (Lipinski definition) is 5. The third kappa shape index (κ3) is 13.1. The molecule has 6 N–H and O–H groups in total. The van der Waals surface area contributed by atoms with Gasteiger partial charge in [-0.1, -0.05) is 127 Å². The topological polar surface area (TPSA) is 188 Å². The molecule has 0 fully saturated rings. The second-order valence-electron chi connectivity index (χ2n) is 15.2. The van der Waals surface area contributed by atoms with Crippen molar-refractivity contribution in [2.45, 2.75) is 57.5 Å². The third-order valence-electron chi connectivity index (χ3n) is 10.3. The van der Waals surface area contributed by atoms with E-state index in [0.29, 0.717) is 11.1 Å². The van der Waals surface area contributed by atoms with Crippen molar-refractivity contribution in [1.29, 1.82) is 5.41 Å². The molecule has 1 aliphatic heterocycles. The van der Waals surface area contributed by atoms with Crippen molar-refractivity contribution >= 4 is 39.2 Å². The number of sulfone groups is 1. The normalized spacial score (nSPS) is 16.9. The smallest absolute Gasteiger partial charge is 0.224 e. The highest BCUT2D eigenvalue weighted by Crippen LogP contribution is 2.23. The summed E-state index contributed by atoms with van der Waals surface area (Å²) >= 11 is 0. The summed E-state index contributed by atoms with van der Waals surface area (Å²) in [6.45, 7) is 0.618. The van der Waals surface area contributed by atoms with Crippen molar-refractivity contribution in [1.82, 2.24) is 16.0 Å². The van der Waals surface area contributed by atoms with Gasteiger partial charge in [-0.05, 0) is 57.3 Å². The first-order valence-corrected chi connectivity index (χ1v) is 21.4. The average molecular weight is 812 g/mol. The number of nitrogens with one attached hydrogen (secondary N) is 4. The highest BCUT2D eigenvalue weighted by atomic mass is 32.2. The van der Waals surface area contributed by atoms with Gasteiger partial charge in [-0.15, -0.1) is 0 Å².